The molecule has 0 aliphatic carbocycles. The maximum Gasteiger partial charge on any atom is 0.278 e. The summed E-state index contributed by atoms with van der Waals surface area (Å²) in [7, 11) is -3.15. The molecule has 3 aromatic heterocycles. The molecule has 24 heavy (non-hydrogen) atoms. The van der Waals surface area contributed by atoms with Crippen LogP contribution in [-0.4, -0.2) is 34.7 Å². The zero-order valence-corrected chi connectivity index (χ0v) is 15.3. The normalized spacial score (nSPS) is 12.1. The van der Waals surface area contributed by atoms with Crippen LogP contribution >= 0.6 is 12.4 Å². The summed E-state index contributed by atoms with van der Waals surface area (Å²) >= 11 is 0. The van der Waals surface area contributed by atoms with Crippen LogP contribution in [0.5, 0.6) is 0 Å². The monoisotopic (exact) mass is 372 g/mol. The van der Waals surface area contributed by atoms with Crippen molar-refractivity contribution in [2.75, 3.05) is 12.3 Å². The number of unbranched alkanes of at least 4 members (excludes halogenated alkanes) is 1. The minimum Gasteiger partial charge on any atom is -0.292 e. The van der Waals surface area contributed by atoms with E-state index in [9.17, 15) is 13.2 Å². The molecule has 0 atom stereocenters. The highest BCUT2D eigenvalue weighted by Gasteiger charge is 2.17. The Bertz CT molecular complexity index is 993. The number of halogens is 1. The first-order valence-corrected chi connectivity index (χ1v) is 9.37. The van der Waals surface area contributed by atoms with E-state index < -0.39 is 10.0 Å². The number of aromatic nitrogens is 3. The van der Waals surface area contributed by atoms with Gasteiger partial charge in [0.1, 0.15) is 16.8 Å². The predicted octanol–water partition coefficient (Wildman–Crippen LogP) is 1.54. The van der Waals surface area contributed by atoms with Gasteiger partial charge in [-0.3, -0.25) is 13.8 Å². The van der Waals surface area contributed by atoms with Gasteiger partial charge in [-0.15, -0.1) is 12.4 Å². The van der Waals surface area contributed by atoms with E-state index in [0.29, 0.717) is 25.0 Å². The maximum atomic E-state index is 12.6. The number of rotatable bonds is 7. The molecular formula is C15H21ClN4O3S. The van der Waals surface area contributed by atoms with Gasteiger partial charge in [0.25, 0.3) is 5.56 Å². The largest absolute Gasteiger partial charge is 0.292 e. The predicted molar refractivity (Wildman–Crippen MR) is 96.8 cm³/mol. The van der Waals surface area contributed by atoms with Crippen LogP contribution in [0.25, 0.3) is 16.8 Å². The summed E-state index contributed by atoms with van der Waals surface area (Å²) in [6.45, 7) is 4.41. The number of nitrogens with zero attached hydrogens (tertiary/aromatic N) is 3. The maximum absolute atomic E-state index is 12.6. The fourth-order valence-electron chi connectivity index (χ4n) is 2.82. The average molecular weight is 373 g/mol. The van der Waals surface area contributed by atoms with Crippen molar-refractivity contribution in [1.29, 1.82) is 0 Å². The van der Waals surface area contributed by atoms with Gasteiger partial charge in [0.2, 0.25) is 10.0 Å². The summed E-state index contributed by atoms with van der Waals surface area (Å²) < 4.78 is 28.9. The summed E-state index contributed by atoms with van der Waals surface area (Å²) in [6.07, 6.45) is 1.41. The third-order valence-electron chi connectivity index (χ3n) is 4.03. The first kappa shape index (κ1) is 18.7. The van der Waals surface area contributed by atoms with Crippen LogP contribution < -0.4 is 10.3 Å². The summed E-state index contributed by atoms with van der Waals surface area (Å²) in [6, 6.07) is 5.68. The second kappa shape index (κ2) is 7.08. The molecule has 0 aromatic carbocycles. The van der Waals surface area contributed by atoms with E-state index >= 15 is 0 Å². The Morgan fingerprint density at radius 2 is 2.00 bits per heavy atom. The van der Waals surface area contributed by atoms with E-state index in [-0.39, 0.29) is 23.7 Å². The molecule has 3 rings (SSSR count). The average Bonchev–Trinajstić information content (AvgIpc) is 3.00. The third-order valence-corrected chi connectivity index (χ3v) is 5.44. The lowest BCUT2D eigenvalue weighted by atomic mass is 10.3. The molecule has 3 aromatic rings. The number of sulfonamides is 1. The fraction of sp³-hybridized carbons (Fsp3) is 0.467. The molecule has 0 aliphatic rings. The van der Waals surface area contributed by atoms with Crippen molar-refractivity contribution >= 4 is 39.2 Å². The van der Waals surface area contributed by atoms with Gasteiger partial charge >= 0.3 is 0 Å². The highest BCUT2D eigenvalue weighted by molar-refractivity contribution is 7.89. The van der Waals surface area contributed by atoms with Crippen molar-refractivity contribution < 1.29 is 8.42 Å². The minimum atomic E-state index is -3.15. The van der Waals surface area contributed by atoms with E-state index in [1.165, 1.54) is 0 Å². The van der Waals surface area contributed by atoms with Crippen LogP contribution in [0.4, 0.5) is 0 Å². The molecule has 132 valence electrons. The lowest BCUT2D eigenvalue weighted by molar-refractivity contribution is 0.568. The molecule has 0 unspecified atom stereocenters. The van der Waals surface area contributed by atoms with E-state index in [2.05, 4.69) is 9.71 Å². The highest BCUT2D eigenvalue weighted by atomic mass is 35.5. The van der Waals surface area contributed by atoms with Crippen LogP contribution in [0, 0.1) is 6.92 Å². The molecule has 0 spiro atoms. The highest BCUT2D eigenvalue weighted by Crippen LogP contribution is 2.17. The topological polar surface area (TPSA) is 85.5 Å². The van der Waals surface area contributed by atoms with Gasteiger partial charge in [-0.1, -0.05) is 6.07 Å². The lowest BCUT2D eigenvalue weighted by Gasteiger charge is -2.06. The molecule has 1 N–H and O–H groups in total. The molecule has 0 saturated carbocycles. The number of nitrogens with one attached hydrogen (secondary N) is 1. The minimum absolute atomic E-state index is 0. The van der Waals surface area contributed by atoms with Crippen molar-refractivity contribution in [1.82, 2.24) is 18.7 Å². The molecule has 7 nitrogen and oxygen atoms in total. The molecule has 0 amide bonds. The van der Waals surface area contributed by atoms with Crippen LogP contribution in [0.15, 0.2) is 23.0 Å². The molecule has 0 aliphatic heterocycles. The fourth-order valence-corrected chi connectivity index (χ4v) is 3.48. The van der Waals surface area contributed by atoms with Gasteiger partial charge in [-0.05, 0) is 38.8 Å². The summed E-state index contributed by atoms with van der Waals surface area (Å²) in [4.78, 5) is 17.0. The van der Waals surface area contributed by atoms with Crippen molar-refractivity contribution in [3.8, 4) is 0 Å². The van der Waals surface area contributed by atoms with Crippen LogP contribution in [0.2, 0.25) is 0 Å². The number of aryl methyl sites for hydroxylation is 2. The SMILES string of the molecule is CCS(=O)(=O)NCCCCn1c(=O)c2c(C)nc3cccc1n32.Cl. The van der Waals surface area contributed by atoms with Gasteiger partial charge in [0.05, 0.1) is 11.4 Å². The Morgan fingerprint density at radius 3 is 2.71 bits per heavy atom. The van der Waals surface area contributed by atoms with Crippen molar-refractivity contribution in [3.05, 3.63) is 34.2 Å². The zero-order valence-electron chi connectivity index (χ0n) is 13.7. The Labute approximate surface area is 146 Å². The van der Waals surface area contributed by atoms with E-state index in [1.54, 1.807) is 11.5 Å². The van der Waals surface area contributed by atoms with Crippen LogP contribution in [-0.2, 0) is 16.6 Å². The molecule has 3 heterocycles. The third kappa shape index (κ3) is 3.26. The Kier molecular flexibility index (Phi) is 5.52. The van der Waals surface area contributed by atoms with Gasteiger partial charge in [0.15, 0.2) is 0 Å². The first-order valence-electron chi connectivity index (χ1n) is 7.72. The second-order valence-corrected chi connectivity index (χ2v) is 7.68. The molecule has 0 bridgehead atoms. The Morgan fingerprint density at radius 1 is 1.25 bits per heavy atom. The summed E-state index contributed by atoms with van der Waals surface area (Å²) in [5.41, 5.74) is 2.94. The molecule has 0 radical (unpaired) electrons. The standard InChI is InChI=1S/C15H20N4O3S.ClH/c1-3-23(21,22)16-9-4-5-10-18-13-8-6-7-12-17-11(2)14(15(18)20)19(12)13;/h6-8,16H,3-5,9-10H2,1-2H3;1H. The lowest BCUT2D eigenvalue weighted by Crippen LogP contribution is -2.26. The summed E-state index contributed by atoms with van der Waals surface area (Å²) in [5.74, 6) is 0.0847. The van der Waals surface area contributed by atoms with Gasteiger partial charge in [-0.2, -0.15) is 0 Å². The molecule has 0 saturated heterocycles. The van der Waals surface area contributed by atoms with Gasteiger partial charge in [0, 0.05) is 13.1 Å². The molecule has 0 fully saturated rings. The van der Waals surface area contributed by atoms with Gasteiger partial charge < -0.3 is 0 Å². The van der Waals surface area contributed by atoms with Crippen molar-refractivity contribution in [3.63, 3.8) is 0 Å². The number of pyridine rings is 1. The van der Waals surface area contributed by atoms with Crippen molar-refractivity contribution in [2.45, 2.75) is 33.2 Å². The molecule has 9 heteroatoms. The van der Waals surface area contributed by atoms with E-state index in [0.717, 1.165) is 23.4 Å². The van der Waals surface area contributed by atoms with E-state index in [1.807, 2.05) is 29.5 Å². The number of hydrogen-bond donors (Lipinski definition) is 1. The Balaban J connectivity index is 0.00000208. The van der Waals surface area contributed by atoms with Crippen LogP contribution in [0.1, 0.15) is 25.5 Å². The number of imidazole rings is 2. The molecular weight excluding hydrogens is 352 g/mol. The first-order chi connectivity index (χ1) is 10.9. The zero-order chi connectivity index (χ0) is 16.6. The smallest absolute Gasteiger partial charge is 0.278 e. The van der Waals surface area contributed by atoms with Gasteiger partial charge in [-0.25, -0.2) is 18.1 Å². The second-order valence-electron chi connectivity index (χ2n) is 5.59. The van der Waals surface area contributed by atoms with E-state index in [4.69, 9.17) is 0 Å². The van der Waals surface area contributed by atoms with Crippen molar-refractivity contribution in [2.24, 2.45) is 0 Å². The quantitative estimate of drug-likeness (QED) is 0.637. The van der Waals surface area contributed by atoms with Crippen LogP contribution in [0.3, 0.4) is 0 Å². The Hall–Kier alpha value is -1.64. The summed E-state index contributed by atoms with van der Waals surface area (Å²) in [5, 5.41) is 0. The number of hydrogen-bond acceptors (Lipinski definition) is 4.